The van der Waals surface area contributed by atoms with Gasteiger partial charge in [-0.1, -0.05) is 11.6 Å². The van der Waals surface area contributed by atoms with Gasteiger partial charge < -0.3 is 4.90 Å². The van der Waals surface area contributed by atoms with E-state index in [1.165, 1.54) is 17.2 Å². The van der Waals surface area contributed by atoms with E-state index in [1.807, 2.05) is 13.8 Å². The zero-order valence-electron chi connectivity index (χ0n) is 16.2. The molecule has 1 amide bonds. The van der Waals surface area contributed by atoms with Crippen LogP contribution < -0.4 is 4.90 Å². The number of aromatic nitrogens is 3. The lowest BCUT2D eigenvalue weighted by Crippen LogP contribution is -2.36. The van der Waals surface area contributed by atoms with Gasteiger partial charge in [-0.25, -0.2) is 13.9 Å². The summed E-state index contributed by atoms with van der Waals surface area (Å²) in [6.45, 7) is 4.25. The second-order valence-electron chi connectivity index (χ2n) is 7.21. The summed E-state index contributed by atoms with van der Waals surface area (Å²) < 4.78 is 16.1. The van der Waals surface area contributed by atoms with Gasteiger partial charge in [-0.05, 0) is 56.4 Å². The molecular formula is C21H19ClFN5O. The standard InChI is InChI=1S/C21H19ClFN5O/c1-12-17(13(2)28-21(26-12)15(10-24)11-25-28)5-6-19(29)27-7-3-4-14-8-16(22)9-18(23)20(14)27/h8-9,11H,3-7H2,1-2H3. The van der Waals surface area contributed by atoms with Gasteiger partial charge in [0.25, 0.3) is 0 Å². The number of halogens is 2. The Bertz CT molecular complexity index is 1180. The Balaban J connectivity index is 1.60. The summed E-state index contributed by atoms with van der Waals surface area (Å²) in [4.78, 5) is 19.0. The zero-order chi connectivity index (χ0) is 20.7. The van der Waals surface area contributed by atoms with Crippen molar-refractivity contribution >= 4 is 28.8 Å². The number of aryl methyl sites for hydroxylation is 3. The van der Waals surface area contributed by atoms with E-state index in [0.29, 0.717) is 41.3 Å². The van der Waals surface area contributed by atoms with Crippen molar-refractivity contribution in [1.29, 1.82) is 5.26 Å². The lowest BCUT2D eigenvalue weighted by atomic mass is 10.00. The van der Waals surface area contributed by atoms with Crippen molar-refractivity contribution in [3.8, 4) is 6.07 Å². The summed E-state index contributed by atoms with van der Waals surface area (Å²) in [5.41, 5.74) is 4.56. The first-order chi connectivity index (χ1) is 13.9. The molecule has 1 aliphatic heterocycles. The molecule has 29 heavy (non-hydrogen) atoms. The summed E-state index contributed by atoms with van der Waals surface area (Å²) in [7, 11) is 0. The molecule has 0 spiro atoms. The van der Waals surface area contributed by atoms with E-state index >= 15 is 0 Å². The number of rotatable bonds is 3. The van der Waals surface area contributed by atoms with Gasteiger partial charge >= 0.3 is 0 Å². The number of carbonyl (C=O) groups excluding carboxylic acids is 1. The largest absolute Gasteiger partial charge is 0.309 e. The van der Waals surface area contributed by atoms with E-state index < -0.39 is 5.82 Å². The van der Waals surface area contributed by atoms with E-state index in [4.69, 9.17) is 11.6 Å². The first kappa shape index (κ1) is 19.3. The number of amides is 1. The Morgan fingerprint density at radius 2 is 2.17 bits per heavy atom. The van der Waals surface area contributed by atoms with Crippen LogP contribution in [0.5, 0.6) is 0 Å². The predicted octanol–water partition coefficient (Wildman–Crippen LogP) is 3.92. The summed E-state index contributed by atoms with van der Waals surface area (Å²) in [6, 6.07) is 5.07. The number of nitrogens with zero attached hydrogens (tertiary/aromatic N) is 5. The number of fused-ring (bicyclic) bond motifs is 2. The number of nitriles is 1. The first-order valence-electron chi connectivity index (χ1n) is 9.43. The van der Waals surface area contributed by atoms with Gasteiger partial charge in [-0.3, -0.25) is 4.79 Å². The molecule has 0 saturated carbocycles. The fraction of sp³-hybridized carbons (Fsp3) is 0.333. The predicted molar refractivity (Wildman–Crippen MR) is 108 cm³/mol. The van der Waals surface area contributed by atoms with Crippen molar-refractivity contribution < 1.29 is 9.18 Å². The van der Waals surface area contributed by atoms with Gasteiger partial charge in [0.2, 0.25) is 5.91 Å². The Kier molecular flexibility index (Phi) is 4.97. The average molecular weight is 412 g/mol. The molecule has 0 atom stereocenters. The molecule has 0 saturated heterocycles. The van der Waals surface area contributed by atoms with Crippen molar-refractivity contribution in [2.45, 2.75) is 39.5 Å². The van der Waals surface area contributed by atoms with Crippen LogP contribution >= 0.6 is 11.6 Å². The average Bonchev–Trinajstić information content (AvgIpc) is 3.09. The highest BCUT2D eigenvalue weighted by molar-refractivity contribution is 6.30. The number of anilines is 1. The number of benzene rings is 1. The molecule has 0 fully saturated rings. The second-order valence-corrected chi connectivity index (χ2v) is 7.65. The molecule has 3 heterocycles. The Morgan fingerprint density at radius 3 is 2.93 bits per heavy atom. The second kappa shape index (κ2) is 7.45. The SMILES string of the molecule is Cc1nc2c(C#N)cnn2c(C)c1CCC(=O)N1CCCc2cc(Cl)cc(F)c21. The molecule has 4 rings (SSSR count). The van der Waals surface area contributed by atoms with Crippen LogP contribution in [0.25, 0.3) is 5.65 Å². The van der Waals surface area contributed by atoms with Gasteiger partial charge in [-0.15, -0.1) is 0 Å². The van der Waals surface area contributed by atoms with Crippen molar-refractivity contribution in [2.75, 3.05) is 11.4 Å². The van der Waals surface area contributed by atoms with E-state index in [9.17, 15) is 14.4 Å². The first-order valence-corrected chi connectivity index (χ1v) is 9.80. The van der Waals surface area contributed by atoms with E-state index in [-0.39, 0.29) is 12.3 Å². The summed E-state index contributed by atoms with van der Waals surface area (Å²) in [5.74, 6) is -0.596. The minimum absolute atomic E-state index is 0.135. The monoisotopic (exact) mass is 411 g/mol. The minimum atomic E-state index is -0.462. The Labute approximate surface area is 172 Å². The third-order valence-electron chi connectivity index (χ3n) is 5.42. The highest BCUT2D eigenvalue weighted by Crippen LogP contribution is 2.33. The summed E-state index contributed by atoms with van der Waals surface area (Å²) >= 11 is 5.97. The normalized spacial score (nSPS) is 13.4. The van der Waals surface area contributed by atoms with E-state index in [0.717, 1.165) is 28.9 Å². The molecule has 0 N–H and O–H groups in total. The summed E-state index contributed by atoms with van der Waals surface area (Å²) in [5, 5.41) is 13.8. The van der Waals surface area contributed by atoms with Crippen LogP contribution in [-0.4, -0.2) is 27.0 Å². The maximum atomic E-state index is 14.5. The molecule has 0 aliphatic carbocycles. The van der Waals surface area contributed by atoms with Crippen molar-refractivity contribution in [3.05, 3.63) is 57.2 Å². The van der Waals surface area contributed by atoms with Crippen LogP contribution in [0.15, 0.2) is 18.3 Å². The highest BCUT2D eigenvalue weighted by Gasteiger charge is 2.26. The zero-order valence-corrected chi connectivity index (χ0v) is 16.9. The molecule has 1 aliphatic rings. The van der Waals surface area contributed by atoms with Crippen LogP contribution in [-0.2, 0) is 17.6 Å². The minimum Gasteiger partial charge on any atom is -0.309 e. The number of hydrogen-bond acceptors (Lipinski definition) is 4. The van der Waals surface area contributed by atoms with Crippen LogP contribution in [0.4, 0.5) is 10.1 Å². The molecule has 8 heteroatoms. The third kappa shape index (κ3) is 3.34. The van der Waals surface area contributed by atoms with Crippen molar-refractivity contribution in [1.82, 2.24) is 14.6 Å². The molecule has 6 nitrogen and oxygen atoms in total. The van der Waals surface area contributed by atoms with Crippen LogP contribution in [0.2, 0.25) is 5.02 Å². The van der Waals surface area contributed by atoms with Crippen LogP contribution in [0.3, 0.4) is 0 Å². The topological polar surface area (TPSA) is 74.3 Å². The molecule has 3 aromatic rings. The molecule has 0 unspecified atom stereocenters. The van der Waals surface area contributed by atoms with Gasteiger partial charge in [-0.2, -0.15) is 10.4 Å². The third-order valence-corrected chi connectivity index (χ3v) is 5.64. The van der Waals surface area contributed by atoms with Gasteiger partial charge in [0, 0.05) is 29.4 Å². The Hall–Kier alpha value is -2.98. The van der Waals surface area contributed by atoms with Crippen molar-refractivity contribution in [2.24, 2.45) is 0 Å². The molecule has 1 aromatic carbocycles. The molecule has 2 aromatic heterocycles. The fourth-order valence-corrected chi connectivity index (χ4v) is 4.25. The highest BCUT2D eigenvalue weighted by atomic mass is 35.5. The molecule has 0 radical (unpaired) electrons. The number of hydrogen-bond donors (Lipinski definition) is 0. The summed E-state index contributed by atoms with van der Waals surface area (Å²) in [6.07, 6.45) is 3.65. The van der Waals surface area contributed by atoms with Gasteiger partial charge in [0.05, 0.1) is 11.9 Å². The maximum absolute atomic E-state index is 14.5. The van der Waals surface area contributed by atoms with E-state index in [2.05, 4.69) is 16.2 Å². The van der Waals surface area contributed by atoms with E-state index in [1.54, 1.807) is 10.6 Å². The molecule has 148 valence electrons. The smallest absolute Gasteiger partial charge is 0.227 e. The molecule has 0 bridgehead atoms. The lowest BCUT2D eigenvalue weighted by molar-refractivity contribution is -0.118. The van der Waals surface area contributed by atoms with Gasteiger partial charge in [0.15, 0.2) is 5.65 Å². The van der Waals surface area contributed by atoms with Crippen LogP contribution in [0, 0.1) is 31.0 Å². The maximum Gasteiger partial charge on any atom is 0.227 e. The number of carbonyl (C=O) groups is 1. The Morgan fingerprint density at radius 1 is 1.38 bits per heavy atom. The fourth-order valence-electron chi connectivity index (χ4n) is 4.02. The molecular weight excluding hydrogens is 393 g/mol. The van der Waals surface area contributed by atoms with Crippen molar-refractivity contribution in [3.63, 3.8) is 0 Å². The van der Waals surface area contributed by atoms with Crippen LogP contribution in [0.1, 0.15) is 40.9 Å². The van der Waals surface area contributed by atoms with Gasteiger partial charge in [0.1, 0.15) is 17.4 Å². The quantitative estimate of drug-likeness (QED) is 0.654. The lowest BCUT2D eigenvalue weighted by Gasteiger charge is -2.30.